The highest BCUT2D eigenvalue weighted by Gasteiger charge is 2.52. The summed E-state index contributed by atoms with van der Waals surface area (Å²) in [5, 5.41) is 3.36. The molecule has 2 aliphatic rings. The molecule has 5 heteroatoms. The Morgan fingerprint density at radius 1 is 1.56 bits per heavy atom. The molecule has 1 aliphatic heterocycles. The monoisotopic (exact) mass is 249 g/mol. The second kappa shape index (κ2) is 4.74. The molecule has 2 heterocycles. The highest BCUT2D eigenvalue weighted by molar-refractivity contribution is 5.40. The molecule has 0 amide bonds. The summed E-state index contributed by atoms with van der Waals surface area (Å²) in [4.78, 5) is 4.39. The van der Waals surface area contributed by atoms with Crippen molar-refractivity contribution in [1.29, 1.82) is 0 Å². The highest BCUT2D eigenvalue weighted by Crippen LogP contribution is 2.39. The molecule has 0 spiro atoms. The fourth-order valence-corrected chi connectivity index (χ4v) is 2.82. The highest BCUT2D eigenvalue weighted by atomic mass is 16.5. The zero-order chi connectivity index (χ0) is 12.5. The van der Waals surface area contributed by atoms with Gasteiger partial charge in [0.15, 0.2) is 0 Å². The van der Waals surface area contributed by atoms with Crippen LogP contribution >= 0.6 is 0 Å². The summed E-state index contributed by atoms with van der Waals surface area (Å²) in [6, 6.07) is 6.04. The second-order valence-electron chi connectivity index (χ2n) is 4.83. The molecule has 0 aromatic carbocycles. The van der Waals surface area contributed by atoms with Crippen molar-refractivity contribution in [3.05, 3.63) is 18.2 Å². The number of rotatable bonds is 4. The van der Waals surface area contributed by atoms with E-state index in [9.17, 15) is 0 Å². The van der Waals surface area contributed by atoms with Crippen LogP contribution in [0.15, 0.2) is 18.2 Å². The van der Waals surface area contributed by atoms with Gasteiger partial charge in [-0.15, -0.1) is 0 Å². The standard InChI is InChI=1S/C13H19N3O2/c1-2-17-10-5-3-4-9(15-10)16-12-11(14)8-6-7-18-13(8)12/h3-5,8,11-13H,2,6-7,14H2,1H3,(H,15,16). The average molecular weight is 249 g/mol. The van der Waals surface area contributed by atoms with Gasteiger partial charge in [0.25, 0.3) is 0 Å². The Labute approximate surface area is 107 Å². The molecule has 5 nitrogen and oxygen atoms in total. The summed E-state index contributed by atoms with van der Waals surface area (Å²) >= 11 is 0. The number of hydrogen-bond acceptors (Lipinski definition) is 5. The molecule has 4 unspecified atom stereocenters. The average Bonchev–Trinajstić information content (AvgIpc) is 2.81. The molecule has 0 radical (unpaired) electrons. The largest absolute Gasteiger partial charge is 0.478 e. The van der Waals surface area contributed by atoms with E-state index < -0.39 is 0 Å². The Morgan fingerprint density at radius 2 is 2.44 bits per heavy atom. The third-order valence-electron chi connectivity index (χ3n) is 3.78. The van der Waals surface area contributed by atoms with Crippen molar-refractivity contribution in [2.75, 3.05) is 18.5 Å². The van der Waals surface area contributed by atoms with Gasteiger partial charge >= 0.3 is 0 Å². The van der Waals surface area contributed by atoms with E-state index in [0.717, 1.165) is 18.8 Å². The lowest BCUT2D eigenvalue weighted by Gasteiger charge is -2.45. The number of nitrogens with one attached hydrogen (secondary N) is 1. The molecule has 0 bridgehead atoms. The third-order valence-corrected chi connectivity index (χ3v) is 3.78. The number of anilines is 1. The number of hydrogen-bond donors (Lipinski definition) is 2. The minimum absolute atomic E-state index is 0.162. The molecule has 3 rings (SSSR count). The minimum Gasteiger partial charge on any atom is -0.478 e. The number of ether oxygens (including phenoxy) is 2. The Morgan fingerprint density at radius 3 is 3.28 bits per heavy atom. The van der Waals surface area contributed by atoms with Crippen LogP contribution in [-0.4, -0.2) is 36.4 Å². The summed E-state index contributed by atoms with van der Waals surface area (Å²) < 4.78 is 11.1. The van der Waals surface area contributed by atoms with Gasteiger partial charge < -0.3 is 20.5 Å². The van der Waals surface area contributed by atoms with Crippen LogP contribution in [0.4, 0.5) is 5.82 Å². The molecule has 1 aromatic rings. The van der Waals surface area contributed by atoms with Crippen molar-refractivity contribution in [1.82, 2.24) is 4.98 Å². The van der Waals surface area contributed by atoms with Crippen molar-refractivity contribution in [2.24, 2.45) is 11.7 Å². The maximum Gasteiger partial charge on any atom is 0.215 e. The summed E-state index contributed by atoms with van der Waals surface area (Å²) in [6.07, 6.45) is 1.33. The molecule has 2 fully saturated rings. The van der Waals surface area contributed by atoms with Crippen LogP contribution in [0.1, 0.15) is 13.3 Å². The van der Waals surface area contributed by atoms with Gasteiger partial charge in [0.2, 0.25) is 5.88 Å². The van der Waals surface area contributed by atoms with Gasteiger partial charge in [-0.25, -0.2) is 0 Å². The van der Waals surface area contributed by atoms with Crippen LogP contribution in [0, 0.1) is 5.92 Å². The lowest BCUT2D eigenvalue weighted by atomic mass is 9.72. The topological polar surface area (TPSA) is 69.4 Å². The van der Waals surface area contributed by atoms with Crippen molar-refractivity contribution >= 4 is 5.82 Å². The molecule has 4 atom stereocenters. The lowest BCUT2D eigenvalue weighted by molar-refractivity contribution is 0.00522. The first kappa shape index (κ1) is 11.7. The van der Waals surface area contributed by atoms with Crippen LogP contribution in [0.3, 0.4) is 0 Å². The van der Waals surface area contributed by atoms with Crippen molar-refractivity contribution < 1.29 is 9.47 Å². The number of pyridine rings is 1. The lowest BCUT2D eigenvalue weighted by Crippen LogP contribution is -2.65. The predicted molar refractivity (Wildman–Crippen MR) is 68.6 cm³/mol. The fourth-order valence-electron chi connectivity index (χ4n) is 2.82. The van der Waals surface area contributed by atoms with Crippen LogP contribution in [0.5, 0.6) is 5.88 Å². The molecule has 3 N–H and O–H groups in total. The van der Waals surface area contributed by atoms with E-state index in [0.29, 0.717) is 18.4 Å². The van der Waals surface area contributed by atoms with Crippen LogP contribution < -0.4 is 15.8 Å². The van der Waals surface area contributed by atoms with E-state index in [2.05, 4.69) is 10.3 Å². The molecule has 98 valence electrons. The molecule has 18 heavy (non-hydrogen) atoms. The molecule has 1 saturated carbocycles. The van der Waals surface area contributed by atoms with E-state index in [1.54, 1.807) is 0 Å². The number of nitrogens with zero attached hydrogens (tertiary/aromatic N) is 1. The zero-order valence-electron chi connectivity index (χ0n) is 10.5. The first-order valence-corrected chi connectivity index (χ1v) is 6.53. The molecular weight excluding hydrogens is 230 g/mol. The first-order valence-electron chi connectivity index (χ1n) is 6.53. The third kappa shape index (κ3) is 1.93. The first-order chi connectivity index (χ1) is 8.79. The maximum atomic E-state index is 6.15. The summed E-state index contributed by atoms with van der Waals surface area (Å²) in [7, 11) is 0. The summed E-state index contributed by atoms with van der Waals surface area (Å²) in [5.41, 5.74) is 6.15. The van der Waals surface area contributed by atoms with Crippen molar-refractivity contribution in [3.8, 4) is 5.88 Å². The van der Waals surface area contributed by atoms with Crippen molar-refractivity contribution in [3.63, 3.8) is 0 Å². The number of aromatic nitrogens is 1. The van der Waals surface area contributed by atoms with Gasteiger partial charge in [-0.05, 0) is 19.4 Å². The van der Waals surface area contributed by atoms with E-state index in [1.165, 1.54) is 0 Å². The van der Waals surface area contributed by atoms with Gasteiger partial charge in [0, 0.05) is 24.6 Å². The summed E-state index contributed by atoms with van der Waals surface area (Å²) in [6.45, 7) is 3.39. The van der Waals surface area contributed by atoms with Crippen molar-refractivity contribution in [2.45, 2.75) is 31.5 Å². The van der Waals surface area contributed by atoms with Gasteiger partial charge in [-0.2, -0.15) is 4.98 Å². The smallest absolute Gasteiger partial charge is 0.215 e. The Hall–Kier alpha value is -1.33. The Balaban J connectivity index is 1.67. The van der Waals surface area contributed by atoms with E-state index >= 15 is 0 Å². The number of nitrogens with two attached hydrogens (primary N) is 1. The second-order valence-corrected chi connectivity index (χ2v) is 4.83. The Bertz CT molecular complexity index is 426. The quantitative estimate of drug-likeness (QED) is 0.833. The van der Waals surface area contributed by atoms with E-state index in [4.69, 9.17) is 15.2 Å². The van der Waals surface area contributed by atoms with Gasteiger partial charge in [-0.1, -0.05) is 6.07 Å². The van der Waals surface area contributed by atoms with E-state index in [1.807, 2.05) is 25.1 Å². The number of fused-ring (bicyclic) bond motifs is 1. The Kier molecular flexibility index (Phi) is 3.09. The van der Waals surface area contributed by atoms with Crippen LogP contribution in [0.25, 0.3) is 0 Å². The predicted octanol–water partition coefficient (Wildman–Crippen LogP) is 1.01. The molecular formula is C13H19N3O2. The van der Waals surface area contributed by atoms with Gasteiger partial charge in [0.05, 0.1) is 18.8 Å². The zero-order valence-corrected chi connectivity index (χ0v) is 10.5. The van der Waals surface area contributed by atoms with Gasteiger partial charge in [-0.3, -0.25) is 0 Å². The normalized spacial score (nSPS) is 33.7. The summed E-state index contributed by atoms with van der Waals surface area (Å²) in [5.74, 6) is 1.95. The van der Waals surface area contributed by atoms with E-state index in [-0.39, 0.29) is 18.2 Å². The van der Waals surface area contributed by atoms with Crippen LogP contribution in [-0.2, 0) is 4.74 Å². The fraction of sp³-hybridized carbons (Fsp3) is 0.615. The molecule has 1 aliphatic carbocycles. The molecule has 1 saturated heterocycles. The van der Waals surface area contributed by atoms with Crippen LogP contribution in [0.2, 0.25) is 0 Å². The minimum atomic E-state index is 0.162. The molecule has 1 aromatic heterocycles. The van der Waals surface area contributed by atoms with Gasteiger partial charge in [0.1, 0.15) is 5.82 Å². The maximum absolute atomic E-state index is 6.15. The SMILES string of the molecule is CCOc1cccc(NC2C(N)C3CCOC32)n1.